The summed E-state index contributed by atoms with van der Waals surface area (Å²) < 4.78 is 7.17. The maximum Gasteiger partial charge on any atom is 0.255 e. The number of carbonyl (C=O) groups is 1. The van der Waals surface area contributed by atoms with Crippen LogP contribution in [0.5, 0.6) is 5.75 Å². The molecule has 0 radical (unpaired) electrons. The van der Waals surface area contributed by atoms with Gasteiger partial charge in [-0.1, -0.05) is 0 Å². The zero-order chi connectivity index (χ0) is 17.8. The fourth-order valence-corrected chi connectivity index (χ4v) is 2.28. The van der Waals surface area contributed by atoms with Gasteiger partial charge in [-0.05, 0) is 45.0 Å². The summed E-state index contributed by atoms with van der Waals surface area (Å²) in [5.74, 6) is 1.02. The van der Waals surface area contributed by atoms with Gasteiger partial charge >= 0.3 is 0 Å². The van der Waals surface area contributed by atoms with E-state index in [1.54, 1.807) is 47.6 Å². The number of ether oxygens (including phenoxy) is 1. The molecule has 7 heteroatoms. The minimum Gasteiger partial charge on any atom is -0.494 e. The lowest BCUT2D eigenvalue weighted by molar-refractivity contribution is 0.102. The van der Waals surface area contributed by atoms with E-state index in [0.29, 0.717) is 23.8 Å². The summed E-state index contributed by atoms with van der Waals surface area (Å²) in [4.78, 5) is 25.1. The first kappa shape index (κ1) is 16.6. The highest BCUT2D eigenvalue weighted by Gasteiger charge is 2.09. The highest BCUT2D eigenvalue weighted by Crippen LogP contribution is 2.15. The van der Waals surface area contributed by atoms with Gasteiger partial charge < -0.3 is 10.1 Å². The first-order chi connectivity index (χ1) is 12.1. The first-order valence-corrected chi connectivity index (χ1v) is 7.95. The van der Waals surface area contributed by atoms with Crippen LogP contribution in [0.25, 0.3) is 5.95 Å². The van der Waals surface area contributed by atoms with Crippen molar-refractivity contribution < 1.29 is 9.53 Å². The van der Waals surface area contributed by atoms with Gasteiger partial charge in [-0.25, -0.2) is 15.0 Å². The average Bonchev–Trinajstić information content (AvgIpc) is 2.96. The molecular formula is C18H19N5O2. The fraction of sp³-hybridized carbons (Fsp3) is 0.222. The van der Waals surface area contributed by atoms with E-state index in [9.17, 15) is 4.79 Å². The van der Waals surface area contributed by atoms with Gasteiger partial charge in [0.15, 0.2) is 0 Å². The first-order valence-electron chi connectivity index (χ1n) is 7.95. The van der Waals surface area contributed by atoms with Crippen LogP contribution in [0.2, 0.25) is 0 Å². The molecule has 2 heterocycles. The quantitative estimate of drug-likeness (QED) is 0.774. The summed E-state index contributed by atoms with van der Waals surface area (Å²) in [5, 5.41) is 2.78. The molecule has 0 bridgehead atoms. The van der Waals surface area contributed by atoms with Crippen molar-refractivity contribution in [3.05, 3.63) is 59.9 Å². The van der Waals surface area contributed by atoms with Gasteiger partial charge in [-0.15, -0.1) is 0 Å². The molecule has 0 aliphatic heterocycles. The SMILES string of the molecule is CCOc1ccc(C(=O)Nc2cnc(-n3cnc(C)c3C)nc2)cc1. The molecule has 0 aliphatic carbocycles. The van der Waals surface area contributed by atoms with Crippen LogP contribution in [0.1, 0.15) is 28.7 Å². The number of anilines is 1. The number of amides is 1. The van der Waals surface area contributed by atoms with Crippen molar-refractivity contribution in [2.45, 2.75) is 20.8 Å². The molecule has 0 aliphatic rings. The third-order valence-corrected chi connectivity index (χ3v) is 3.79. The Kier molecular flexibility index (Phi) is 4.74. The Bertz CT molecular complexity index is 869. The zero-order valence-corrected chi connectivity index (χ0v) is 14.4. The van der Waals surface area contributed by atoms with Gasteiger partial charge in [0.1, 0.15) is 12.1 Å². The van der Waals surface area contributed by atoms with Crippen molar-refractivity contribution in [1.82, 2.24) is 19.5 Å². The average molecular weight is 337 g/mol. The van der Waals surface area contributed by atoms with Crippen molar-refractivity contribution in [3.8, 4) is 11.7 Å². The van der Waals surface area contributed by atoms with Crippen molar-refractivity contribution >= 4 is 11.6 Å². The number of benzene rings is 1. The third-order valence-electron chi connectivity index (χ3n) is 3.79. The lowest BCUT2D eigenvalue weighted by Gasteiger charge is -2.08. The molecular weight excluding hydrogens is 318 g/mol. The molecule has 1 aromatic carbocycles. The maximum atomic E-state index is 12.3. The summed E-state index contributed by atoms with van der Waals surface area (Å²) in [6.07, 6.45) is 4.82. The Morgan fingerprint density at radius 3 is 2.36 bits per heavy atom. The lowest BCUT2D eigenvalue weighted by Crippen LogP contribution is -2.13. The van der Waals surface area contributed by atoms with E-state index in [-0.39, 0.29) is 5.91 Å². The third kappa shape index (κ3) is 3.65. The highest BCUT2D eigenvalue weighted by atomic mass is 16.5. The lowest BCUT2D eigenvalue weighted by atomic mass is 10.2. The number of hydrogen-bond donors (Lipinski definition) is 1. The van der Waals surface area contributed by atoms with E-state index in [2.05, 4.69) is 20.3 Å². The van der Waals surface area contributed by atoms with E-state index in [0.717, 1.165) is 17.1 Å². The minimum atomic E-state index is -0.228. The van der Waals surface area contributed by atoms with Crippen LogP contribution in [0, 0.1) is 13.8 Å². The van der Waals surface area contributed by atoms with Crippen molar-refractivity contribution in [2.24, 2.45) is 0 Å². The van der Waals surface area contributed by atoms with E-state index in [1.807, 2.05) is 20.8 Å². The Balaban J connectivity index is 1.70. The topological polar surface area (TPSA) is 81.9 Å². The molecule has 7 nitrogen and oxygen atoms in total. The predicted molar refractivity (Wildman–Crippen MR) is 94.2 cm³/mol. The van der Waals surface area contributed by atoms with Gasteiger partial charge in [0.25, 0.3) is 5.91 Å². The van der Waals surface area contributed by atoms with E-state index in [4.69, 9.17) is 4.74 Å². The second-order valence-corrected chi connectivity index (χ2v) is 5.47. The van der Waals surface area contributed by atoms with E-state index < -0.39 is 0 Å². The summed E-state index contributed by atoms with van der Waals surface area (Å²) in [7, 11) is 0. The minimum absolute atomic E-state index is 0.228. The van der Waals surface area contributed by atoms with Crippen LogP contribution in [0.15, 0.2) is 43.0 Å². The summed E-state index contributed by atoms with van der Waals surface area (Å²) in [6, 6.07) is 6.96. The van der Waals surface area contributed by atoms with Crippen LogP contribution >= 0.6 is 0 Å². The van der Waals surface area contributed by atoms with Gasteiger partial charge in [0.2, 0.25) is 5.95 Å². The smallest absolute Gasteiger partial charge is 0.255 e. The second kappa shape index (κ2) is 7.12. The molecule has 0 fully saturated rings. The van der Waals surface area contributed by atoms with Gasteiger partial charge in [0.05, 0.1) is 30.4 Å². The summed E-state index contributed by atoms with van der Waals surface area (Å²) in [5.41, 5.74) is 2.97. The van der Waals surface area contributed by atoms with Gasteiger partial charge in [0, 0.05) is 11.3 Å². The van der Waals surface area contributed by atoms with Crippen LogP contribution in [-0.2, 0) is 0 Å². The van der Waals surface area contributed by atoms with Crippen LogP contribution in [0.4, 0.5) is 5.69 Å². The molecule has 1 N–H and O–H groups in total. The predicted octanol–water partition coefficient (Wildman–Crippen LogP) is 2.93. The van der Waals surface area contributed by atoms with E-state index >= 15 is 0 Å². The number of hydrogen-bond acceptors (Lipinski definition) is 5. The molecule has 0 saturated carbocycles. The Morgan fingerprint density at radius 2 is 1.80 bits per heavy atom. The fourth-order valence-electron chi connectivity index (χ4n) is 2.28. The number of rotatable bonds is 5. The Hall–Kier alpha value is -3.22. The molecule has 0 atom stereocenters. The molecule has 2 aromatic heterocycles. The van der Waals surface area contributed by atoms with Gasteiger partial charge in [-0.2, -0.15) is 0 Å². The number of nitrogens with one attached hydrogen (secondary N) is 1. The number of aromatic nitrogens is 4. The molecule has 3 aromatic rings. The molecule has 25 heavy (non-hydrogen) atoms. The summed E-state index contributed by atoms with van der Waals surface area (Å²) in [6.45, 7) is 6.38. The molecule has 0 saturated heterocycles. The number of carbonyl (C=O) groups excluding carboxylic acids is 1. The molecule has 1 amide bonds. The molecule has 3 rings (SSSR count). The van der Waals surface area contributed by atoms with Gasteiger partial charge in [-0.3, -0.25) is 9.36 Å². The van der Waals surface area contributed by atoms with E-state index in [1.165, 1.54) is 0 Å². The van der Waals surface area contributed by atoms with Crippen molar-refractivity contribution in [2.75, 3.05) is 11.9 Å². The van der Waals surface area contributed by atoms with Crippen LogP contribution < -0.4 is 10.1 Å². The Morgan fingerprint density at radius 1 is 1.12 bits per heavy atom. The molecule has 0 unspecified atom stereocenters. The second-order valence-electron chi connectivity index (χ2n) is 5.47. The largest absolute Gasteiger partial charge is 0.494 e. The number of nitrogens with zero attached hydrogens (tertiary/aromatic N) is 4. The highest BCUT2D eigenvalue weighted by molar-refractivity contribution is 6.04. The van der Waals surface area contributed by atoms with Crippen LogP contribution in [0.3, 0.4) is 0 Å². The van der Waals surface area contributed by atoms with Crippen molar-refractivity contribution in [1.29, 1.82) is 0 Å². The summed E-state index contributed by atoms with van der Waals surface area (Å²) >= 11 is 0. The molecule has 128 valence electrons. The zero-order valence-electron chi connectivity index (χ0n) is 14.4. The number of aryl methyl sites for hydroxylation is 1. The number of imidazole rings is 1. The monoisotopic (exact) mass is 337 g/mol. The van der Waals surface area contributed by atoms with Crippen LogP contribution in [-0.4, -0.2) is 32.0 Å². The Labute approximate surface area is 145 Å². The standard InChI is InChI=1S/C18H19N5O2/c1-4-25-16-7-5-14(6-8-16)17(24)22-15-9-19-18(20-10-15)23-11-21-12(2)13(23)3/h5-11H,4H2,1-3H3,(H,22,24). The molecule has 0 spiro atoms. The normalized spacial score (nSPS) is 10.5. The maximum absolute atomic E-state index is 12.3. The van der Waals surface area contributed by atoms with Crippen molar-refractivity contribution in [3.63, 3.8) is 0 Å².